The Labute approximate surface area is 132 Å². The van der Waals surface area contributed by atoms with Gasteiger partial charge in [0, 0.05) is 34.8 Å². The van der Waals surface area contributed by atoms with Crippen LogP contribution in [0.4, 0.5) is 0 Å². The summed E-state index contributed by atoms with van der Waals surface area (Å²) >= 11 is 4.83. The number of halogens is 1. The highest BCUT2D eigenvalue weighted by Gasteiger charge is 2.11. The molecular formula is C14H19BrO4S. The van der Waals surface area contributed by atoms with Gasteiger partial charge in [0.2, 0.25) is 0 Å². The molecule has 0 saturated heterocycles. The number of benzene rings is 1. The zero-order valence-corrected chi connectivity index (χ0v) is 14.0. The van der Waals surface area contributed by atoms with Gasteiger partial charge in [-0.25, -0.2) is 4.79 Å². The Hall–Kier alpha value is -0.560. The van der Waals surface area contributed by atoms with Crippen molar-refractivity contribution in [3.05, 3.63) is 28.2 Å². The van der Waals surface area contributed by atoms with E-state index in [1.54, 1.807) is 23.9 Å². The lowest BCUT2D eigenvalue weighted by molar-refractivity contribution is -0.136. The van der Waals surface area contributed by atoms with E-state index in [1.165, 1.54) is 0 Å². The molecule has 0 aliphatic carbocycles. The van der Waals surface area contributed by atoms with Crippen molar-refractivity contribution in [2.75, 3.05) is 19.0 Å². The molecular weight excluding hydrogens is 344 g/mol. The molecule has 0 heterocycles. The average Bonchev–Trinajstić information content (AvgIpc) is 2.41. The molecule has 0 atom stereocenters. The van der Waals surface area contributed by atoms with Crippen LogP contribution in [-0.2, 0) is 9.47 Å². The van der Waals surface area contributed by atoms with Crippen LogP contribution >= 0.6 is 27.7 Å². The van der Waals surface area contributed by atoms with Crippen molar-refractivity contribution < 1.29 is 19.4 Å². The molecule has 1 rings (SSSR count). The fourth-order valence-electron chi connectivity index (χ4n) is 1.62. The summed E-state index contributed by atoms with van der Waals surface area (Å²) in [5.74, 6) is -0.119. The molecule has 0 bridgehead atoms. The lowest BCUT2D eigenvalue weighted by Gasteiger charge is -2.16. The van der Waals surface area contributed by atoms with Gasteiger partial charge < -0.3 is 14.6 Å². The molecule has 0 fully saturated rings. The van der Waals surface area contributed by atoms with Crippen LogP contribution in [0.5, 0.6) is 0 Å². The molecule has 0 aliphatic heterocycles. The zero-order valence-electron chi connectivity index (χ0n) is 11.6. The Bertz CT molecular complexity index is 433. The van der Waals surface area contributed by atoms with E-state index < -0.39 is 5.97 Å². The fourth-order valence-corrected chi connectivity index (χ4v) is 2.95. The van der Waals surface area contributed by atoms with Gasteiger partial charge in [-0.1, -0.05) is 0 Å². The molecule has 112 valence electrons. The van der Waals surface area contributed by atoms with Crippen LogP contribution in [0, 0.1) is 0 Å². The summed E-state index contributed by atoms with van der Waals surface area (Å²) in [5.41, 5.74) is 0.279. The lowest BCUT2D eigenvalue weighted by atomic mass is 10.2. The Morgan fingerprint density at radius 2 is 2.00 bits per heavy atom. The highest BCUT2D eigenvalue weighted by molar-refractivity contribution is 9.10. The van der Waals surface area contributed by atoms with Crippen LogP contribution in [0.1, 0.15) is 30.6 Å². The first kappa shape index (κ1) is 17.5. The predicted molar refractivity (Wildman–Crippen MR) is 83.5 cm³/mol. The van der Waals surface area contributed by atoms with E-state index in [9.17, 15) is 4.79 Å². The predicted octanol–water partition coefficient (Wildman–Crippen LogP) is 4.03. The second kappa shape index (κ2) is 9.39. The molecule has 1 aromatic carbocycles. The van der Waals surface area contributed by atoms with E-state index in [2.05, 4.69) is 15.9 Å². The lowest BCUT2D eigenvalue weighted by Crippen LogP contribution is -2.18. The summed E-state index contributed by atoms with van der Waals surface area (Å²) in [5, 5.41) is 9.06. The third-order valence-corrected chi connectivity index (χ3v) is 4.21. The molecule has 20 heavy (non-hydrogen) atoms. The first-order chi connectivity index (χ1) is 9.58. The van der Waals surface area contributed by atoms with Crippen LogP contribution < -0.4 is 0 Å². The molecule has 0 radical (unpaired) electrons. The molecule has 0 saturated carbocycles. The third kappa shape index (κ3) is 5.83. The molecule has 0 amide bonds. The van der Waals surface area contributed by atoms with Gasteiger partial charge >= 0.3 is 5.97 Å². The summed E-state index contributed by atoms with van der Waals surface area (Å²) in [4.78, 5) is 12.0. The quantitative estimate of drug-likeness (QED) is 0.530. The van der Waals surface area contributed by atoms with Crippen molar-refractivity contribution >= 4 is 33.7 Å². The summed E-state index contributed by atoms with van der Waals surface area (Å²) in [6, 6.07) is 5.33. The Kier molecular flexibility index (Phi) is 8.21. The van der Waals surface area contributed by atoms with Crippen molar-refractivity contribution in [3.63, 3.8) is 0 Å². The monoisotopic (exact) mass is 362 g/mol. The van der Waals surface area contributed by atoms with Crippen molar-refractivity contribution in [1.29, 1.82) is 0 Å². The van der Waals surface area contributed by atoms with Gasteiger partial charge in [-0.3, -0.25) is 0 Å². The van der Waals surface area contributed by atoms with Gasteiger partial charge in [0.1, 0.15) is 0 Å². The van der Waals surface area contributed by atoms with E-state index >= 15 is 0 Å². The maximum atomic E-state index is 11.0. The number of hydrogen-bond acceptors (Lipinski definition) is 4. The van der Waals surface area contributed by atoms with Gasteiger partial charge in [-0.05, 0) is 48.0 Å². The standard InChI is InChI=1S/C14H19BrO4S/c1-3-18-13(19-4-2)7-8-20-10-5-6-12(15)11(9-10)14(16)17/h5-6,9,13H,3-4,7-8H2,1-2H3,(H,16,17). The summed E-state index contributed by atoms with van der Waals surface area (Å²) < 4.78 is 11.5. The summed E-state index contributed by atoms with van der Waals surface area (Å²) in [6.45, 7) is 5.12. The molecule has 0 spiro atoms. The Balaban J connectivity index is 2.53. The first-order valence-electron chi connectivity index (χ1n) is 6.47. The maximum Gasteiger partial charge on any atom is 0.336 e. The molecule has 1 aromatic rings. The van der Waals surface area contributed by atoms with Crippen molar-refractivity contribution in [2.24, 2.45) is 0 Å². The third-order valence-electron chi connectivity index (χ3n) is 2.50. The van der Waals surface area contributed by atoms with Gasteiger partial charge in [-0.2, -0.15) is 0 Å². The first-order valence-corrected chi connectivity index (χ1v) is 8.25. The van der Waals surface area contributed by atoms with E-state index in [1.807, 2.05) is 19.9 Å². The topological polar surface area (TPSA) is 55.8 Å². The number of carbonyl (C=O) groups is 1. The molecule has 0 aliphatic rings. The average molecular weight is 363 g/mol. The maximum absolute atomic E-state index is 11.0. The van der Waals surface area contributed by atoms with Crippen LogP contribution in [-0.4, -0.2) is 36.3 Å². The van der Waals surface area contributed by atoms with Crippen LogP contribution in [0.25, 0.3) is 0 Å². The van der Waals surface area contributed by atoms with Gasteiger partial charge in [-0.15, -0.1) is 11.8 Å². The minimum Gasteiger partial charge on any atom is -0.478 e. The second-order valence-corrected chi connectivity index (χ2v) is 5.95. The number of ether oxygens (including phenoxy) is 2. The highest BCUT2D eigenvalue weighted by atomic mass is 79.9. The van der Waals surface area contributed by atoms with Crippen molar-refractivity contribution in [3.8, 4) is 0 Å². The normalized spacial score (nSPS) is 11.0. The molecule has 6 heteroatoms. The van der Waals surface area contributed by atoms with Crippen LogP contribution in [0.15, 0.2) is 27.6 Å². The minimum atomic E-state index is -0.930. The number of carboxylic acid groups (broad SMARTS) is 1. The van der Waals surface area contributed by atoms with Crippen molar-refractivity contribution in [2.45, 2.75) is 31.5 Å². The largest absolute Gasteiger partial charge is 0.478 e. The number of thioether (sulfide) groups is 1. The van der Waals surface area contributed by atoms with E-state index in [4.69, 9.17) is 14.6 Å². The summed E-state index contributed by atoms with van der Waals surface area (Å²) in [7, 11) is 0. The molecule has 0 aromatic heterocycles. The van der Waals surface area contributed by atoms with Gasteiger partial charge in [0.25, 0.3) is 0 Å². The van der Waals surface area contributed by atoms with E-state index in [-0.39, 0.29) is 11.9 Å². The van der Waals surface area contributed by atoms with E-state index in [0.717, 1.165) is 17.1 Å². The SMILES string of the molecule is CCOC(CCSc1ccc(Br)c(C(=O)O)c1)OCC. The zero-order chi connectivity index (χ0) is 15.0. The fraction of sp³-hybridized carbons (Fsp3) is 0.500. The molecule has 4 nitrogen and oxygen atoms in total. The molecule has 1 N–H and O–H groups in total. The number of rotatable bonds is 9. The second-order valence-electron chi connectivity index (χ2n) is 3.92. The van der Waals surface area contributed by atoms with Gasteiger partial charge in [0.05, 0.1) is 5.56 Å². The van der Waals surface area contributed by atoms with Crippen molar-refractivity contribution in [1.82, 2.24) is 0 Å². The Morgan fingerprint density at radius 1 is 1.35 bits per heavy atom. The number of carboxylic acids is 1. The van der Waals surface area contributed by atoms with E-state index in [0.29, 0.717) is 17.7 Å². The minimum absolute atomic E-state index is 0.188. The molecule has 0 unspecified atom stereocenters. The van der Waals surface area contributed by atoms with Crippen LogP contribution in [0.3, 0.4) is 0 Å². The highest BCUT2D eigenvalue weighted by Crippen LogP contribution is 2.26. The number of aromatic carboxylic acids is 1. The van der Waals surface area contributed by atoms with Gasteiger partial charge in [0.15, 0.2) is 6.29 Å². The van der Waals surface area contributed by atoms with Crippen LogP contribution in [0.2, 0.25) is 0 Å². The summed E-state index contributed by atoms with van der Waals surface area (Å²) in [6.07, 6.45) is 0.581. The smallest absolute Gasteiger partial charge is 0.336 e. The number of hydrogen-bond donors (Lipinski definition) is 1. The Morgan fingerprint density at radius 3 is 2.55 bits per heavy atom.